The van der Waals surface area contributed by atoms with Crippen molar-refractivity contribution in [1.29, 1.82) is 0 Å². The van der Waals surface area contributed by atoms with E-state index in [2.05, 4.69) is 27.3 Å². The third-order valence-corrected chi connectivity index (χ3v) is 3.45. The number of rotatable bonds is 6. The van der Waals surface area contributed by atoms with E-state index in [0.29, 0.717) is 13.2 Å². The van der Waals surface area contributed by atoms with Crippen LogP contribution in [0.25, 0.3) is 0 Å². The van der Waals surface area contributed by atoms with Gasteiger partial charge in [0.15, 0.2) is 0 Å². The zero-order valence-corrected chi connectivity index (χ0v) is 13.4. The van der Waals surface area contributed by atoms with Gasteiger partial charge >= 0.3 is 0 Å². The number of hydrogen-bond acceptors (Lipinski definition) is 5. The second kappa shape index (κ2) is 6.67. The van der Waals surface area contributed by atoms with Gasteiger partial charge in [-0.25, -0.2) is 9.97 Å². The summed E-state index contributed by atoms with van der Waals surface area (Å²) in [6.07, 6.45) is 0. The van der Waals surface area contributed by atoms with Crippen LogP contribution in [0.1, 0.15) is 28.5 Å². The molecule has 0 aromatic carbocycles. The van der Waals surface area contributed by atoms with Crippen LogP contribution in [0.5, 0.6) is 0 Å². The maximum atomic E-state index is 5.11. The van der Waals surface area contributed by atoms with E-state index in [9.17, 15) is 0 Å². The molecule has 0 radical (unpaired) electrons. The van der Waals surface area contributed by atoms with Crippen molar-refractivity contribution in [2.24, 2.45) is 0 Å². The number of hydrogen-bond donors (Lipinski definition) is 1. The highest BCUT2D eigenvalue weighted by atomic mass is 16.5. The van der Waals surface area contributed by atoms with Gasteiger partial charge in [0.05, 0.1) is 18.8 Å². The third-order valence-electron chi connectivity index (χ3n) is 3.45. The van der Waals surface area contributed by atoms with Gasteiger partial charge in [0.2, 0.25) is 0 Å². The van der Waals surface area contributed by atoms with E-state index in [-0.39, 0.29) is 0 Å². The SMILES string of the molecule is COCCn1nc(C)c(CNc2cc(C)nc(C)n2)c1C. The molecule has 2 rings (SSSR count). The molecule has 0 saturated heterocycles. The minimum Gasteiger partial charge on any atom is -0.383 e. The summed E-state index contributed by atoms with van der Waals surface area (Å²) in [5.41, 5.74) is 4.38. The summed E-state index contributed by atoms with van der Waals surface area (Å²) in [4.78, 5) is 8.68. The van der Waals surface area contributed by atoms with Crippen molar-refractivity contribution in [3.05, 3.63) is 34.5 Å². The van der Waals surface area contributed by atoms with Gasteiger partial charge in [-0.3, -0.25) is 4.68 Å². The molecular formula is C15H23N5O. The van der Waals surface area contributed by atoms with E-state index >= 15 is 0 Å². The molecular weight excluding hydrogens is 266 g/mol. The first-order chi connectivity index (χ1) is 10.0. The van der Waals surface area contributed by atoms with E-state index in [1.54, 1.807) is 7.11 Å². The van der Waals surface area contributed by atoms with Gasteiger partial charge in [-0.1, -0.05) is 0 Å². The molecule has 0 fully saturated rings. The number of nitrogens with one attached hydrogen (secondary N) is 1. The van der Waals surface area contributed by atoms with Gasteiger partial charge in [-0.15, -0.1) is 0 Å². The number of methoxy groups -OCH3 is 1. The first-order valence-corrected chi connectivity index (χ1v) is 7.09. The van der Waals surface area contributed by atoms with E-state index in [0.717, 1.165) is 29.6 Å². The Bertz CT molecular complexity index is 601. The van der Waals surface area contributed by atoms with Crippen molar-refractivity contribution >= 4 is 5.82 Å². The van der Waals surface area contributed by atoms with Crippen LogP contribution in [-0.2, 0) is 17.8 Å². The Morgan fingerprint density at radius 1 is 1.19 bits per heavy atom. The summed E-state index contributed by atoms with van der Waals surface area (Å²) in [6, 6.07) is 1.95. The molecule has 1 N–H and O–H groups in total. The molecule has 0 atom stereocenters. The maximum Gasteiger partial charge on any atom is 0.130 e. The van der Waals surface area contributed by atoms with Gasteiger partial charge in [0.1, 0.15) is 11.6 Å². The van der Waals surface area contributed by atoms with Crippen LogP contribution in [0.3, 0.4) is 0 Å². The van der Waals surface area contributed by atoms with Gasteiger partial charge in [-0.05, 0) is 27.7 Å². The summed E-state index contributed by atoms with van der Waals surface area (Å²) in [6.45, 7) is 10.1. The summed E-state index contributed by atoms with van der Waals surface area (Å²) < 4.78 is 7.10. The van der Waals surface area contributed by atoms with Crippen LogP contribution in [0.15, 0.2) is 6.07 Å². The van der Waals surface area contributed by atoms with E-state index < -0.39 is 0 Å². The number of nitrogens with zero attached hydrogens (tertiary/aromatic N) is 4. The van der Waals surface area contributed by atoms with Crippen molar-refractivity contribution in [3.8, 4) is 0 Å². The highest BCUT2D eigenvalue weighted by molar-refractivity contribution is 5.38. The molecule has 0 aliphatic carbocycles. The smallest absolute Gasteiger partial charge is 0.130 e. The van der Waals surface area contributed by atoms with Crippen molar-refractivity contribution in [2.75, 3.05) is 19.0 Å². The summed E-state index contributed by atoms with van der Waals surface area (Å²) in [5.74, 6) is 1.63. The molecule has 0 saturated carbocycles. The fraction of sp³-hybridized carbons (Fsp3) is 0.533. The molecule has 0 unspecified atom stereocenters. The number of aromatic nitrogens is 4. The fourth-order valence-electron chi connectivity index (χ4n) is 2.37. The lowest BCUT2D eigenvalue weighted by Gasteiger charge is -2.08. The van der Waals surface area contributed by atoms with Crippen LogP contribution >= 0.6 is 0 Å². The van der Waals surface area contributed by atoms with Crippen LogP contribution in [0.4, 0.5) is 5.82 Å². The van der Waals surface area contributed by atoms with E-state index in [4.69, 9.17) is 4.74 Å². The van der Waals surface area contributed by atoms with Gasteiger partial charge in [-0.2, -0.15) is 5.10 Å². The van der Waals surface area contributed by atoms with Gasteiger partial charge in [0.25, 0.3) is 0 Å². The van der Waals surface area contributed by atoms with Crippen molar-refractivity contribution < 1.29 is 4.74 Å². The van der Waals surface area contributed by atoms with Crippen LogP contribution in [0, 0.1) is 27.7 Å². The molecule has 6 heteroatoms. The highest BCUT2D eigenvalue weighted by Crippen LogP contribution is 2.15. The van der Waals surface area contributed by atoms with Crippen LogP contribution in [0.2, 0.25) is 0 Å². The summed E-state index contributed by atoms with van der Waals surface area (Å²) in [5, 5.41) is 7.92. The quantitative estimate of drug-likeness (QED) is 0.883. The predicted octanol–water partition coefficient (Wildman–Crippen LogP) is 2.17. The van der Waals surface area contributed by atoms with Crippen molar-refractivity contribution in [3.63, 3.8) is 0 Å². The maximum absolute atomic E-state index is 5.11. The number of aryl methyl sites for hydroxylation is 3. The fourth-order valence-corrected chi connectivity index (χ4v) is 2.37. The molecule has 2 heterocycles. The normalized spacial score (nSPS) is 10.9. The molecule has 114 valence electrons. The Balaban J connectivity index is 2.10. The summed E-state index contributed by atoms with van der Waals surface area (Å²) >= 11 is 0. The lowest BCUT2D eigenvalue weighted by molar-refractivity contribution is 0.182. The molecule has 0 aliphatic heterocycles. The largest absolute Gasteiger partial charge is 0.383 e. The molecule has 0 spiro atoms. The number of ether oxygens (including phenoxy) is 1. The molecule has 0 bridgehead atoms. The average molecular weight is 289 g/mol. The zero-order valence-electron chi connectivity index (χ0n) is 13.4. The van der Waals surface area contributed by atoms with E-state index in [1.807, 2.05) is 31.5 Å². The van der Waals surface area contributed by atoms with Crippen molar-refractivity contribution in [2.45, 2.75) is 40.8 Å². The topological polar surface area (TPSA) is 64.9 Å². The third kappa shape index (κ3) is 3.78. The first kappa shape index (κ1) is 15.4. The predicted molar refractivity (Wildman–Crippen MR) is 82.4 cm³/mol. The minimum absolute atomic E-state index is 0.666. The van der Waals surface area contributed by atoms with E-state index in [1.165, 1.54) is 11.3 Å². The second-order valence-electron chi connectivity index (χ2n) is 5.16. The Morgan fingerprint density at radius 3 is 2.62 bits per heavy atom. The average Bonchev–Trinajstić information content (AvgIpc) is 2.68. The minimum atomic E-state index is 0.666. The molecule has 6 nitrogen and oxygen atoms in total. The standard InChI is InChI=1S/C15H23N5O/c1-10-8-15(18-13(4)17-10)16-9-14-11(2)19-20(12(14)3)6-7-21-5/h8H,6-7,9H2,1-5H3,(H,16,17,18). The second-order valence-corrected chi connectivity index (χ2v) is 5.16. The molecule has 0 amide bonds. The molecule has 2 aromatic rings. The van der Waals surface area contributed by atoms with Crippen LogP contribution in [-0.4, -0.2) is 33.5 Å². The molecule has 21 heavy (non-hydrogen) atoms. The van der Waals surface area contributed by atoms with Gasteiger partial charge in [0, 0.05) is 36.7 Å². The zero-order chi connectivity index (χ0) is 15.4. The first-order valence-electron chi connectivity index (χ1n) is 7.09. The lowest BCUT2D eigenvalue weighted by Crippen LogP contribution is -2.09. The Kier molecular flexibility index (Phi) is 4.90. The van der Waals surface area contributed by atoms with Crippen LogP contribution < -0.4 is 5.32 Å². The lowest BCUT2D eigenvalue weighted by atomic mass is 10.2. The Morgan fingerprint density at radius 2 is 1.95 bits per heavy atom. The monoisotopic (exact) mass is 289 g/mol. The van der Waals surface area contributed by atoms with Gasteiger partial charge < -0.3 is 10.1 Å². The Labute approximate surface area is 125 Å². The van der Waals surface area contributed by atoms with Crippen molar-refractivity contribution in [1.82, 2.24) is 19.7 Å². The Hall–Kier alpha value is -1.95. The number of anilines is 1. The summed E-state index contributed by atoms with van der Waals surface area (Å²) in [7, 11) is 1.70. The molecule has 0 aliphatic rings. The molecule has 2 aromatic heterocycles. The highest BCUT2D eigenvalue weighted by Gasteiger charge is 2.11.